The summed E-state index contributed by atoms with van der Waals surface area (Å²) in [5.41, 5.74) is 3.13. The van der Waals surface area contributed by atoms with Crippen LogP contribution in [-0.2, 0) is 0 Å². The van der Waals surface area contributed by atoms with Crippen LogP contribution in [0.2, 0.25) is 0 Å². The number of fused-ring (bicyclic) bond motifs is 1. The zero-order valence-electron chi connectivity index (χ0n) is 9.62. The second kappa shape index (κ2) is 3.42. The number of hydrogen-bond donors (Lipinski definition) is 0. The predicted octanol–water partition coefficient (Wildman–Crippen LogP) is 3.97. The van der Waals surface area contributed by atoms with Crippen LogP contribution in [0.25, 0.3) is 0 Å². The van der Waals surface area contributed by atoms with Crippen molar-refractivity contribution in [3.63, 3.8) is 0 Å². The van der Waals surface area contributed by atoms with Crippen molar-refractivity contribution in [1.82, 2.24) is 0 Å². The maximum Gasteiger partial charge on any atom is -0.00714 e. The fourth-order valence-corrected chi connectivity index (χ4v) is 3.06. The lowest BCUT2D eigenvalue weighted by Gasteiger charge is -2.40. The standard InChI is InChI=1S/C14H20/c1-9-6-5-7-13-11(3)8-10(2)12(4)14(9)13/h5-8,11-14H,1-4H3. The molecule has 76 valence electrons. The third-order valence-corrected chi connectivity index (χ3v) is 4.02. The monoisotopic (exact) mass is 188 g/mol. The molecular formula is C14H20. The second-order valence-electron chi connectivity index (χ2n) is 4.96. The van der Waals surface area contributed by atoms with Crippen LogP contribution < -0.4 is 0 Å². The average molecular weight is 188 g/mol. The van der Waals surface area contributed by atoms with Crippen molar-refractivity contribution in [2.24, 2.45) is 23.7 Å². The molecule has 0 saturated carbocycles. The fourth-order valence-electron chi connectivity index (χ4n) is 3.06. The zero-order chi connectivity index (χ0) is 10.3. The molecule has 0 aromatic rings. The Bertz CT molecular complexity index is 317. The van der Waals surface area contributed by atoms with Crippen molar-refractivity contribution < 1.29 is 0 Å². The molecule has 0 amide bonds. The molecule has 0 bridgehead atoms. The summed E-state index contributed by atoms with van der Waals surface area (Å²) in [4.78, 5) is 0. The minimum atomic E-state index is 0.705. The van der Waals surface area contributed by atoms with Gasteiger partial charge in [0, 0.05) is 0 Å². The Morgan fingerprint density at radius 2 is 1.79 bits per heavy atom. The number of rotatable bonds is 0. The largest absolute Gasteiger partial charge is 0.0819 e. The maximum atomic E-state index is 2.45. The molecule has 2 rings (SSSR count). The third kappa shape index (κ3) is 1.37. The molecule has 0 saturated heterocycles. The van der Waals surface area contributed by atoms with E-state index in [2.05, 4.69) is 52.0 Å². The molecular weight excluding hydrogens is 168 g/mol. The molecule has 2 aliphatic rings. The van der Waals surface area contributed by atoms with Gasteiger partial charge in [0.25, 0.3) is 0 Å². The average Bonchev–Trinajstić information content (AvgIpc) is 2.14. The van der Waals surface area contributed by atoms with Crippen LogP contribution in [0.5, 0.6) is 0 Å². The van der Waals surface area contributed by atoms with E-state index in [9.17, 15) is 0 Å². The highest BCUT2D eigenvalue weighted by molar-refractivity contribution is 5.29. The van der Waals surface area contributed by atoms with E-state index in [-0.39, 0.29) is 0 Å². The van der Waals surface area contributed by atoms with Crippen molar-refractivity contribution in [1.29, 1.82) is 0 Å². The Labute approximate surface area is 87.4 Å². The van der Waals surface area contributed by atoms with Crippen molar-refractivity contribution in [3.05, 3.63) is 35.5 Å². The summed E-state index contributed by atoms with van der Waals surface area (Å²) in [5.74, 6) is 2.91. The number of hydrogen-bond acceptors (Lipinski definition) is 0. The van der Waals surface area contributed by atoms with Crippen LogP contribution in [0.3, 0.4) is 0 Å². The van der Waals surface area contributed by atoms with Crippen molar-refractivity contribution in [2.45, 2.75) is 27.7 Å². The molecule has 4 atom stereocenters. The van der Waals surface area contributed by atoms with Gasteiger partial charge in [-0.2, -0.15) is 0 Å². The molecule has 0 radical (unpaired) electrons. The van der Waals surface area contributed by atoms with E-state index in [1.54, 1.807) is 11.1 Å². The lowest BCUT2D eigenvalue weighted by Crippen LogP contribution is -2.32. The summed E-state index contributed by atoms with van der Waals surface area (Å²) in [7, 11) is 0. The first-order valence-electron chi connectivity index (χ1n) is 5.64. The van der Waals surface area contributed by atoms with Crippen molar-refractivity contribution in [3.8, 4) is 0 Å². The SMILES string of the molecule is CC1=CC(C)C2C=CC=C(C)C2C1C. The summed E-state index contributed by atoms with van der Waals surface area (Å²) in [6.45, 7) is 9.27. The third-order valence-electron chi connectivity index (χ3n) is 4.02. The molecule has 0 heteroatoms. The first-order chi connectivity index (χ1) is 6.61. The van der Waals surface area contributed by atoms with Crippen LogP contribution in [0.4, 0.5) is 0 Å². The van der Waals surface area contributed by atoms with E-state index in [0.717, 1.165) is 17.8 Å². The van der Waals surface area contributed by atoms with Crippen molar-refractivity contribution >= 4 is 0 Å². The van der Waals surface area contributed by atoms with Gasteiger partial charge in [-0.25, -0.2) is 0 Å². The van der Waals surface area contributed by atoms with Crippen LogP contribution in [0, 0.1) is 23.7 Å². The highest BCUT2D eigenvalue weighted by Gasteiger charge is 2.34. The molecule has 2 aliphatic carbocycles. The van der Waals surface area contributed by atoms with Crippen LogP contribution in [-0.4, -0.2) is 0 Å². The van der Waals surface area contributed by atoms with Crippen molar-refractivity contribution in [2.75, 3.05) is 0 Å². The lowest BCUT2D eigenvalue weighted by molar-refractivity contribution is 0.282. The van der Waals surface area contributed by atoms with E-state index in [1.807, 2.05) is 0 Å². The van der Waals surface area contributed by atoms with Gasteiger partial charge in [-0.05, 0) is 37.5 Å². The van der Waals surface area contributed by atoms with Gasteiger partial charge in [0.1, 0.15) is 0 Å². The van der Waals surface area contributed by atoms with E-state index in [1.165, 1.54) is 0 Å². The Morgan fingerprint density at radius 3 is 2.50 bits per heavy atom. The predicted molar refractivity (Wildman–Crippen MR) is 62.0 cm³/mol. The maximum absolute atomic E-state index is 2.45. The normalized spacial score (nSPS) is 41.4. The Morgan fingerprint density at radius 1 is 1.07 bits per heavy atom. The number of allylic oxidation sites excluding steroid dienone is 6. The molecule has 0 aromatic heterocycles. The minimum Gasteiger partial charge on any atom is -0.0819 e. The van der Waals surface area contributed by atoms with Gasteiger partial charge >= 0.3 is 0 Å². The Hall–Kier alpha value is -0.780. The van der Waals surface area contributed by atoms with E-state index >= 15 is 0 Å². The molecule has 0 aromatic carbocycles. The molecule has 14 heavy (non-hydrogen) atoms. The first kappa shape index (κ1) is 9.76. The zero-order valence-corrected chi connectivity index (χ0v) is 9.62. The van der Waals surface area contributed by atoms with E-state index in [4.69, 9.17) is 0 Å². The van der Waals surface area contributed by atoms with Gasteiger partial charge in [0.15, 0.2) is 0 Å². The van der Waals surface area contributed by atoms with Gasteiger partial charge in [0.05, 0.1) is 0 Å². The lowest BCUT2D eigenvalue weighted by atomic mass is 9.64. The van der Waals surface area contributed by atoms with Gasteiger partial charge in [-0.15, -0.1) is 0 Å². The molecule has 0 N–H and O–H groups in total. The fraction of sp³-hybridized carbons (Fsp3) is 0.571. The summed E-state index contributed by atoms with van der Waals surface area (Å²) in [5, 5.41) is 0. The summed E-state index contributed by atoms with van der Waals surface area (Å²) < 4.78 is 0. The topological polar surface area (TPSA) is 0 Å². The van der Waals surface area contributed by atoms with Crippen LogP contribution in [0.15, 0.2) is 35.5 Å². The summed E-state index contributed by atoms with van der Waals surface area (Å²) in [6.07, 6.45) is 9.35. The molecule has 0 heterocycles. The highest BCUT2D eigenvalue weighted by atomic mass is 14.4. The minimum absolute atomic E-state index is 0.705. The second-order valence-corrected chi connectivity index (χ2v) is 4.96. The van der Waals surface area contributed by atoms with Gasteiger partial charge in [-0.1, -0.05) is 49.3 Å². The molecule has 4 unspecified atom stereocenters. The van der Waals surface area contributed by atoms with Gasteiger partial charge in [0.2, 0.25) is 0 Å². The van der Waals surface area contributed by atoms with Crippen LogP contribution >= 0.6 is 0 Å². The molecule has 0 nitrogen and oxygen atoms in total. The summed E-state index contributed by atoms with van der Waals surface area (Å²) >= 11 is 0. The van der Waals surface area contributed by atoms with Crippen LogP contribution in [0.1, 0.15) is 27.7 Å². The van der Waals surface area contributed by atoms with Gasteiger partial charge in [-0.3, -0.25) is 0 Å². The van der Waals surface area contributed by atoms with E-state index < -0.39 is 0 Å². The first-order valence-corrected chi connectivity index (χ1v) is 5.64. The van der Waals surface area contributed by atoms with E-state index in [0.29, 0.717) is 5.92 Å². The molecule has 0 aliphatic heterocycles. The Balaban J connectivity index is 2.39. The quantitative estimate of drug-likeness (QED) is 0.505. The Kier molecular flexibility index (Phi) is 2.38. The van der Waals surface area contributed by atoms with Gasteiger partial charge < -0.3 is 0 Å². The highest BCUT2D eigenvalue weighted by Crippen LogP contribution is 2.44. The molecule has 0 spiro atoms. The summed E-state index contributed by atoms with van der Waals surface area (Å²) in [6, 6.07) is 0. The smallest absolute Gasteiger partial charge is 0.00714 e. The molecule has 0 fully saturated rings.